The summed E-state index contributed by atoms with van der Waals surface area (Å²) in [5.74, 6) is 0.689. The van der Waals surface area contributed by atoms with E-state index in [2.05, 4.69) is 97.3 Å². The number of ether oxygens (including phenoxy) is 2. The van der Waals surface area contributed by atoms with Gasteiger partial charge in [0.05, 0.1) is 30.1 Å². The highest BCUT2D eigenvalue weighted by Crippen LogP contribution is 2.43. The highest BCUT2D eigenvalue weighted by Gasteiger charge is 2.32. The van der Waals surface area contributed by atoms with Crippen LogP contribution in [0.25, 0.3) is 0 Å². The highest BCUT2D eigenvalue weighted by atomic mass is 16.7. The summed E-state index contributed by atoms with van der Waals surface area (Å²) in [4.78, 5) is 0. The van der Waals surface area contributed by atoms with Crippen molar-refractivity contribution in [2.45, 2.75) is 45.2 Å². The molecule has 4 rings (SSSR count). The first-order valence-electron chi connectivity index (χ1n) is 11.9. The normalized spacial score (nSPS) is 15.1. The summed E-state index contributed by atoms with van der Waals surface area (Å²) in [7, 11) is 1.66. The predicted octanol–water partition coefficient (Wildman–Crippen LogP) is 6.51. The van der Waals surface area contributed by atoms with Gasteiger partial charge in [-0.2, -0.15) is 0 Å². The van der Waals surface area contributed by atoms with E-state index in [0.29, 0.717) is 25.4 Å². The molecule has 1 aliphatic carbocycles. The minimum absolute atomic E-state index is 0.129. The number of aryl methyl sites for hydroxylation is 2. The molecule has 4 heteroatoms. The van der Waals surface area contributed by atoms with Crippen LogP contribution in [0, 0.1) is 19.8 Å². The van der Waals surface area contributed by atoms with E-state index in [4.69, 9.17) is 9.47 Å². The van der Waals surface area contributed by atoms with Crippen molar-refractivity contribution in [3.8, 4) is 0 Å². The minimum Gasteiger partial charge on any atom is -0.378 e. The van der Waals surface area contributed by atoms with Gasteiger partial charge >= 0.3 is 0 Å². The van der Waals surface area contributed by atoms with Crippen LogP contribution in [-0.4, -0.2) is 26.6 Å². The van der Waals surface area contributed by atoms with Crippen LogP contribution in [0.2, 0.25) is 0 Å². The molecule has 3 aromatic carbocycles. The Balaban J connectivity index is 1.51. The Labute approximate surface area is 198 Å². The molecule has 0 bridgehead atoms. The molecule has 0 radical (unpaired) electrons. The van der Waals surface area contributed by atoms with Crippen molar-refractivity contribution in [2.75, 3.05) is 31.1 Å². The SMILES string of the molecule is COCOC[C@H](Cc1ccc(C)cc1)Nc1ccccc1NC(c1ccc(C)cc1)C1CC1. The molecule has 1 saturated carbocycles. The standard InChI is InChI=1S/C29H36N2O2/c1-21-8-12-23(13-9-21)18-26(19-33-20-32-3)30-27-6-4-5-7-28(27)31-29(25-16-17-25)24-14-10-22(2)11-15-24/h4-15,25-26,29-31H,16-20H2,1-3H3/t26-,29?/m0/s1. The maximum absolute atomic E-state index is 5.76. The molecular weight excluding hydrogens is 408 g/mol. The molecule has 3 aromatic rings. The molecule has 0 saturated heterocycles. The van der Waals surface area contributed by atoms with Gasteiger partial charge in [0.25, 0.3) is 0 Å². The van der Waals surface area contributed by atoms with Gasteiger partial charge in [-0.1, -0.05) is 71.8 Å². The first-order valence-corrected chi connectivity index (χ1v) is 11.9. The van der Waals surface area contributed by atoms with Crippen molar-refractivity contribution in [3.63, 3.8) is 0 Å². The van der Waals surface area contributed by atoms with Gasteiger partial charge in [0.1, 0.15) is 6.79 Å². The summed E-state index contributed by atoms with van der Waals surface area (Å²) >= 11 is 0. The lowest BCUT2D eigenvalue weighted by Crippen LogP contribution is -2.29. The van der Waals surface area contributed by atoms with Gasteiger partial charge in [0, 0.05) is 7.11 Å². The Morgan fingerprint density at radius 2 is 1.42 bits per heavy atom. The number of methoxy groups -OCH3 is 1. The van der Waals surface area contributed by atoms with Crippen LogP contribution in [0.3, 0.4) is 0 Å². The average molecular weight is 445 g/mol. The fraction of sp³-hybridized carbons (Fsp3) is 0.379. The Kier molecular flexibility index (Phi) is 8.03. The lowest BCUT2D eigenvalue weighted by Gasteiger charge is -2.26. The highest BCUT2D eigenvalue weighted by molar-refractivity contribution is 5.69. The largest absolute Gasteiger partial charge is 0.378 e. The number of rotatable bonds is 12. The van der Waals surface area contributed by atoms with Gasteiger partial charge in [0.15, 0.2) is 0 Å². The zero-order valence-electron chi connectivity index (χ0n) is 20.0. The van der Waals surface area contributed by atoms with Crippen LogP contribution in [0.1, 0.15) is 41.1 Å². The summed E-state index contributed by atoms with van der Waals surface area (Å²) in [5.41, 5.74) is 7.46. The first kappa shape index (κ1) is 23.3. The molecule has 4 nitrogen and oxygen atoms in total. The summed E-state index contributed by atoms with van der Waals surface area (Å²) in [5, 5.41) is 7.61. The van der Waals surface area contributed by atoms with E-state index >= 15 is 0 Å². The third-order valence-corrected chi connectivity index (χ3v) is 6.25. The van der Waals surface area contributed by atoms with Crippen LogP contribution >= 0.6 is 0 Å². The summed E-state index contributed by atoms with van der Waals surface area (Å²) < 4.78 is 10.9. The quantitative estimate of drug-likeness (QED) is 0.247. The number of para-hydroxylation sites is 2. The van der Waals surface area contributed by atoms with Crippen molar-refractivity contribution in [1.82, 2.24) is 0 Å². The van der Waals surface area contributed by atoms with Crippen molar-refractivity contribution >= 4 is 11.4 Å². The monoisotopic (exact) mass is 444 g/mol. The van der Waals surface area contributed by atoms with Crippen molar-refractivity contribution in [1.29, 1.82) is 0 Å². The second kappa shape index (κ2) is 11.4. The third kappa shape index (κ3) is 6.83. The molecule has 0 spiro atoms. The van der Waals surface area contributed by atoms with E-state index in [1.165, 1.54) is 35.1 Å². The Morgan fingerprint density at radius 3 is 2.03 bits per heavy atom. The number of benzene rings is 3. The average Bonchev–Trinajstić information content (AvgIpc) is 3.66. The Morgan fingerprint density at radius 1 is 0.818 bits per heavy atom. The zero-order valence-corrected chi connectivity index (χ0v) is 20.0. The maximum atomic E-state index is 5.76. The van der Waals surface area contributed by atoms with Gasteiger partial charge in [-0.25, -0.2) is 0 Å². The fourth-order valence-corrected chi connectivity index (χ4v) is 4.23. The van der Waals surface area contributed by atoms with Gasteiger partial charge in [-0.05, 0) is 62.3 Å². The number of hydrogen-bond acceptors (Lipinski definition) is 4. The molecule has 2 atom stereocenters. The van der Waals surface area contributed by atoms with Crippen molar-refractivity contribution in [2.24, 2.45) is 5.92 Å². The maximum Gasteiger partial charge on any atom is 0.146 e. The molecule has 2 N–H and O–H groups in total. The summed E-state index contributed by atoms with van der Waals surface area (Å²) in [6.45, 7) is 5.12. The lowest BCUT2D eigenvalue weighted by atomic mass is 10.0. The summed E-state index contributed by atoms with van der Waals surface area (Å²) in [6.07, 6.45) is 3.44. The molecule has 1 unspecified atom stereocenters. The van der Waals surface area contributed by atoms with Crippen LogP contribution in [0.5, 0.6) is 0 Å². The van der Waals surface area contributed by atoms with Crippen LogP contribution in [0.4, 0.5) is 11.4 Å². The Bertz CT molecular complexity index is 997. The third-order valence-electron chi connectivity index (χ3n) is 6.25. The molecule has 174 valence electrons. The summed E-state index contributed by atoms with van der Waals surface area (Å²) in [6, 6.07) is 26.6. The van der Waals surface area contributed by atoms with Gasteiger partial charge in [-0.3, -0.25) is 0 Å². The fourth-order valence-electron chi connectivity index (χ4n) is 4.23. The van der Waals surface area contributed by atoms with E-state index in [9.17, 15) is 0 Å². The lowest BCUT2D eigenvalue weighted by molar-refractivity contribution is -0.0334. The van der Waals surface area contributed by atoms with Crippen molar-refractivity contribution in [3.05, 3.63) is 95.1 Å². The molecule has 0 amide bonds. The molecule has 0 aromatic heterocycles. The second-order valence-electron chi connectivity index (χ2n) is 9.22. The molecule has 1 fully saturated rings. The Hall–Kier alpha value is -2.82. The van der Waals surface area contributed by atoms with E-state index in [1.54, 1.807) is 7.11 Å². The first-order chi connectivity index (χ1) is 16.1. The van der Waals surface area contributed by atoms with Crippen LogP contribution in [-0.2, 0) is 15.9 Å². The van der Waals surface area contributed by atoms with E-state index in [0.717, 1.165) is 17.8 Å². The smallest absolute Gasteiger partial charge is 0.146 e. The zero-order chi connectivity index (χ0) is 23.0. The van der Waals surface area contributed by atoms with Gasteiger partial charge in [-0.15, -0.1) is 0 Å². The molecule has 0 aliphatic heterocycles. The van der Waals surface area contributed by atoms with Crippen LogP contribution in [0.15, 0.2) is 72.8 Å². The molecular formula is C29H36N2O2. The van der Waals surface area contributed by atoms with E-state index in [1.807, 2.05) is 0 Å². The van der Waals surface area contributed by atoms with Crippen molar-refractivity contribution < 1.29 is 9.47 Å². The van der Waals surface area contributed by atoms with E-state index in [-0.39, 0.29) is 6.04 Å². The second-order valence-corrected chi connectivity index (χ2v) is 9.22. The van der Waals surface area contributed by atoms with Crippen LogP contribution < -0.4 is 10.6 Å². The molecule has 1 aliphatic rings. The number of hydrogen-bond donors (Lipinski definition) is 2. The number of anilines is 2. The molecule has 0 heterocycles. The van der Waals surface area contributed by atoms with Gasteiger partial charge < -0.3 is 20.1 Å². The predicted molar refractivity (Wildman–Crippen MR) is 137 cm³/mol. The number of nitrogens with one attached hydrogen (secondary N) is 2. The minimum atomic E-state index is 0.129. The molecule has 33 heavy (non-hydrogen) atoms. The topological polar surface area (TPSA) is 42.5 Å². The van der Waals surface area contributed by atoms with E-state index < -0.39 is 0 Å². The van der Waals surface area contributed by atoms with Gasteiger partial charge in [0.2, 0.25) is 0 Å².